The molecule has 0 spiro atoms. The van der Waals surface area contributed by atoms with Crippen molar-refractivity contribution in [3.05, 3.63) is 26.8 Å². The number of hydrogen-bond donors (Lipinski definition) is 1. The van der Waals surface area contributed by atoms with Crippen LogP contribution in [0.2, 0.25) is 5.02 Å². The predicted octanol–water partition coefficient (Wildman–Crippen LogP) is 3.39. The summed E-state index contributed by atoms with van der Waals surface area (Å²) < 4.78 is 6.48. The molecule has 0 amide bonds. The Balaban J connectivity index is 1.92. The third kappa shape index (κ3) is 3.23. The van der Waals surface area contributed by atoms with E-state index in [1.165, 1.54) is 0 Å². The van der Waals surface area contributed by atoms with Gasteiger partial charge in [-0.05, 0) is 47.2 Å². The molecule has 1 saturated heterocycles. The molecule has 4 heteroatoms. The maximum Gasteiger partial charge on any atom is 0.0648 e. The van der Waals surface area contributed by atoms with Crippen LogP contribution in [0.3, 0.4) is 0 Å². The fourth-order valence-corrected chi connectivity index (χ4v) is 2.55. The Bertz CT molecular complexity index is 339. The molecule has 15 heavy (non-hydrogen) atoms. The number of benzene rings is 1. The number of hydrogen-bond acceptors (Lipinski definition) is 2. The molecule has 0 bridgehead atoms. The average Bonchev–Trinajstić information content (AvgIpc) is 2.69. The summed E-state index contributed by atoms with van der Waals surface area (Å²) in [7, 11) is 0. The summed E-state index contributed by atoms with van der Waals surface area (Å²) in [6.45, 7) is 2.71. The molecule has 1 unspecified atom stereocenters. The van der Waals surface area contributed by atoms with Crippen molar-refractivity contribution in [1.29, 1.82) is 0 Å². The zero-order chi connectivity index (χ0) is 10.7. The van der Waals surface area contributed by atoms with Gasteiger partial charge in [-0.2, -0.15) is 0 Å². The zero-order valence-corrected chi connectivity index (χ0v) is 11.2. The van der Waals surface area contributed by atoms with Crippen LogP contribution in [0.4, 0.5) is 5.69 Å². The third-order valence-corrected chi connectivity index (χ3v) is 3.52. The quantitative estimate of drug-likeness (QED) is 0.854. The standard InChI is InChI=1S/C11H13ClINO/c12-10-5-9(13)1-2-11(10)14-6-8-3-4-15-7-8/h1-2,5,8,14H,3-4,6-7H2. The Morgan fingerprint density at radius 1 is 1.53 bits per heavy atom. The van der Waals surface area contributed by atoms with E-state index < -0.39 is 0 Å². The molecule has 1 aliphatic heterocycles. The van der Waals surface area contributed by atoms with Crippen molar-refractivity contribution < 1.29 is 4.74 Å². The van der Waals surface area contributed by atoms with Crippen LogP contribution in [-0.2, 0) is 4.74 Å². The highest BCUT2D eigenvalue weighted by molar-refractivity contribution is 14.1. The molecule has 2 nitrogen and oxygen atoms in total. The van der Waals surface area contributed by atoms with Crippen LogP contribution in [0.1, 0.15) is 6.42 Å². The zero-order valence-electron chi connectivity index (χ0n) is 8.30. The maximum atomic E-state index is 6.12. The molecule has 0 saturated carbocycles. The monoisotopic (exact) mass is 337 g/mol. The molecule has 0 aliphatic carbocycles. The minimum Gasteiger partial charge on any atom is -0.383 e. The Kier molecular flexibility index (Phi) is 4.11. The van der Waals surface area contributed by atoms with E-state index >= 15 is 0 Å². The second-order valence-corrected chi connectivity index (χ2v) is 5.39. The summed E-state index contributed by atoms with van der Waals surface area (Å²) in [5.74, 6) is 0.625. The van der Waals surface area contributed by atoms with Gasteiger partial charge in [-0.25, -0.2) is 0 Å². The second kappa shape index (κ2) is 5.37. The van der Waals surface area contributed by atoms with Crippen molar-refractivity contribution in [2.45, 2.75) is 6.42 Å². The van der Waals surface area contributed by atoms with Gasteiger partial charge in [-0.1, -0.05) is 11.6 Å². The van der Waals surface area contributed by atoms with Crippen molar-refractivity contribution in [1.82, 2.24) is 0 Å². The Labute approximate surface area is 108 Å². The number of anilines is 1. The molecule has 1 atom stereocenters. The predicted molar refractivity (Wildman–Crippen MR) is 71.6 cm³/mol. The minimum absolute atomic E-state index is 0.625. The molecule has 0 aromatic heterocycles. The third-order valence-electron chi connectivity index (χ3n) is 2.54. The first-order chi connectivity index (χ1) is 7.25. The van der Waals surface area contributed by atoms with Crippen LogP contribution < -0.4 is 5.32 Å². The molecule has 1 heterocycles. The Morgan fingerprint density at radius 3 is 3.07 bits per heavy atom. The van der Waals surface area contributed by atoms with E-state index in [1.54, 1.807) is 0 Å². The fourth-order valence-electron chi connectivity index (χ4n) is 1.63. The van der Waals surface area contributed by atoms with E-state index in [-0.39, 0.29) is 0 Å². The Morgan fingerprint density at radius 2 is 2.40 bits per heavy atom. The topological polar surface area (TPSA) is 21.3 Å². The SMILES string of the molecule is Clc1cc(I)ccc1NCC1CCOC1. The second-order valence-electron chi connectivity index (χ2n) is 3.73. The highest BCUT2D eigenvalue weighted by Crippen LogP contribution is 2.24. The van der Waals surface area contributed by atoms with Gasteiger partial charge in [0.1, 0.15) is 0 Å². The number of halogens is 2. The number of rotatable bonds is 3. The molecule has 1 aromatic carbocycles. The van der Waals surface area contributed by atoms with Crippen LogP contribution in [0.25, 0.3) is 0 Å². The molecule has 82 valence electrons. The summed E-state index contributed by atoms with van der Waals surface area (Å²) in [4.78, 5) is 0. The van der Waals surface area contributed by atoms with Gasteiger partial charge in [0.05, 0.1) is 17.3 Å². The lowest BCUT2D eigenvalue weighted by atomic mass is 10.1. The van der Waals surface area contributed by atoms with Gasteiger partial charge in [0, 0.05) is 22.6 Å². The first-order valence-corrected chi connectivity index (χ1v) is 6.48. The van der Waals surface area contributed by atoms with Crippen molar-refractivity contribution in [3.63, 3.8) is 0 Å². The number of ether oxygens (including phenoxy) is 1. The van der Waals surface area contributed by atoms with Crippen LogP contribution >= 0.6 is 34.2 Å². The van der Waals surface area contributed by atoms with Gasteiger partial charge in [0.25, 0.3) is 0 Å². The molecular formula is C11H13ClINO. The fraction of sp³-hybridized carbons (Fsp3) is 0.455. The van der Waals surface area contributed by atoms with Crippen molar-refractivity contribution in [2.24, 2.45) is 5.92 Å². The Hall–Kier alpha value is -0.000000000000000132. The summed E-state index contributed by atoms with van der Waals surface area (Å²) in [5, 5.41) is 4.16. The summed E-state index contributed by atoms with van der Waals surface area (Å²) in [6, 6.07) is 6.05. The van der Waals surface area contributed by atoms with Gasteiger partial charge in [0.2, 0.25) is 0 Å². The molecule has 1 N–H and O–H groups in total. The summed E-state index contributed by atoms with van der Waals surface area (Å²) >= 11 is 8.37. The summed E-state index contributed by atoms with van der Waals surface area (Å²) in [5.41, 5.74) is 1.02. The highest BCUT2D eigenvalue weighted by atomic mass is 127. The first-order valence-electron chi connectivity index (χ1n) is 5.02. The van der Waals surface area contributed by atoms with Crippen LogP contribution in [0.15, 0.2) is 18.2 Å². The van der Waals surface area contributed by atoms with E-state index in [0.29, 0.717) is 5.92 Å². The molecule has 1 fully saturated rings. The highest BCUT2D eigenvalue weighted by Gasteiger charge is 2.15. The lowest BCUT2D eigenvalue weighted by Crippen LogP contribution is -2.14. The molecule has 1 aliphatic rings. The van der Waals surface area contributed by atoms with Gasteiger partial charge in [-0.3, -0.25) is 0 Å². The molecule has 0 radical (unpaired) electrons. The number of nitrogens with one attached hydrogen (secondary N) is 1. The molecular weight excluding hydrogens is 324 g/mol. The maximum absolute atomic E-state index is 6.12. The lowest BCUT2D eigenvalue weighted by Gasteiger charge is -2.12. The lowest BCUT2D eigenvalue weighted by molar-refractivity contribution is 0.187. The van der Waals surface area contributed by atoms with Gasteiger partial charge < -0.3 is 10.1 Å². The van der Waals surface area contributed by atoms with Crippen molar-refractivity contribution in [3.8, 4) is 0 Å². The molecule has 2 rings (SSSR count). The molecule has 1 aromatic rings. The normalized spacial score (nSPS) is 20.5. The van der Waals surface area contributed by atoms with E-state index in [9.17, 15) is 0 Å². The summed E-state index contributed by atoms with van der Waals surface area (Å²) in [6.07, 6.45) is 1.15. The smallest absolute Gasteiger partial charge is 0.0648 e. The van der Waals surface area contributed by atoms with E-state index in [2.05, 4.69) is 34.0 Å². The van der Waals surface area contributed by atoms with E-state index in [4.69, 9.17) is 16.3 Å². The van der Waals surface area contributed by atoms with Crippen molar-refractivity contribution >= 4 is 39.9 Å². The van der Waals surface area contributed by atoms with Gasteiger partial charge >= 0.3 is 0 Å². The van der Waals surface area contributed by atoms with Crippen LogP contribution in [-0.4, -0.2) is 19.8 Å². The van der Waals surface area contributed by atoms with Crippen LogP contribution in [0, 0.1) is 9.49 Å². The van der Waals surface area contributed by atoms with E-state index in [1.807, 2.05) is 12.1 Å². The van der Waals surface area contributed by atoms with Gasteiger partial charge in [0.15, 0.2) is 0 Å². The van der Waals surface area contributed by atoms with E-state index in [0.717, 1.165) is 40.5 Å². The largest absolute Gasteiger partial charge is 0.383 e. The van der Waals surface area contributed by atoms with Crippen LogP contribution in [0.5, 0.6) is 0 Å². The van der Waals surface area contributed by atoms with Crippen molar-refractivity contribution in [2.75, 3.05) is 25.1 Å². The average molecular weight is 338 g/mol. The first kappa shape index (κ1) is 11.5. The minimum atomic E-state index is 0.625. The van der Waals surface area contributed by atoms with Gasteiger partial charge in [-0.15, -0.1) is 0 Å².